The third kappa shape index (κ3) is 18.1. The Bertz CT molecular complexity index is 760. The predicted octanol–water partition coefficient (Wildman–Crippen LogP) is 11.2. The summed E-state index contributed by atoms with van der Waals surface area (Å²) in [5, 5.41) is 0. The van der Waals surface area contributed by atoms with Gasteiger partial charge in [0.1, 0.15) is 6.61 Å². The lowest BCUT2D eigenvalue weighted by atomic mass is 9.75. The van der Waals surface area contributed by atoms with Gasteiger partial charge in [-0.25, -0.2) is 0 Å². The van der Waals surface area contributed by atoms with Crippen molar-refractivity contribution < 1.29 is 9.53 Å². The Hall–Kier alpha value is -1.83. The van der Waals surface area contributed by atoms with E-state index in [2.05, 4.69) is 64.2 Å². The maximum absolute atomic E-state index is 12.0. The van der Waals surface area contributed by atoms with Crippen molar-refractivity contribution in [2.75, 3.05) is 6.61 Å². The molecule has 0 bridgehead atoms. The lowest BCUT2D eigenvalue weighted by molar-refractivity contribution is -0.142. The minimum Gasteiger partial charge on any atom is -0.461 e. The van der Waals surface area contributed by atoms with Gasteiger partial charge in [-0.05, 0) is 56.6 Å². The Balaban J connectivity index is 2.09. The van der Waals surface area contributed by atoms with E-state index in [9.17, 15) is 4.79 Å². The second-order valence-corrected chi connectivity index (χ2v) is 11.7. The summed E-state index contributed by atoms with van der Waals surface area (Å²) >= 11 is 0. The van der Waals surface area contributed by atoms with Crippen LogP contribution in [0.15, 0.2) is 59.3 Å². The fourth-order valence-electron chi connectivity index (χ4n) is 4.84. The van der Waals surface area contributed by atoms with Crippen LogP contribution in [0.5, 0.6) is 0 Å². The molecule has 0 fully saturated rings. The van der Waals surface area contributed by atoms with E-state index < -0.39 is 0 Å². The molecule has 0 atom stereocenters. The molecule has 0 saturated carbocycles. The predicted molar refractivity (Wildman–Crippen MR) is 163 cm³/mol. The van der Waals surface area contributed by atoms with Crippen molar-refractivity contribution in [3.63, 3.8) is 0 Å². The number of ether oxygens (including phenoxy) is 1. The maximum Gasteiger partial charge on any atom is 0.306 e. The van der Waals surface area contributed by atoms with Crippen LogP contribution in [0, 0.1) is 5.41 Å². The van der Waals surface area contributed by atoms with Crippen molar-refractivity contribution in [3.8, 4) is 0 Å². The van der Waals surface area contributed by atoms with Gasteiger partial charge in [-0.15, -0.1) is 0 Å². The van der Waals surface area contributed by atoms with Crippen LogP contribution in [0.2, 0.25) is 0 Å². The summed E-state index contributed by atoms with van der Waals surface area (Å²) < 4.78 is 5.39. The van der Waals surface area contributed by atoms with Gasteiger partial charge in [-0.3, -0.25) is 4.79 Å². The second kappa shape index (κ2) is 21.1. The third-order valence-electron chi connectivity index (χ3n) is 7.53. The SMILES string of the molecule is CCCCCCCCCCCCCCCC(=O)OC/C=C(C)/C=C/C=C(C)/C=C/C1=CCCCC1(C)C. The molecule has 0 heterocycles. The van der Waals surface area contributed by atoms with Crippen LogP contribution in [0.25, 0.3) is 0 Å². The molecule has 0 amide bonds. The van der Waals surface area contributed by atoms with Gasteiger partial charge in [-0.1, -0.05) is 145 Å². The first kappa shape index (κ1) is 33.2. The smallest absolute Gasteiger partial charge is 0.306 e. The Labute approximate surface area is 230 Å². The number of hydrogen-bond donors (Lipinski definition) is 0. The normalized spacial score (nSPS) is 16.5. The average Bonchev–Trinajstić information content (AvgIpc) is 2.86. The van der Waals surface area contributed by atoms with Crippen LogP contribution in [-0.2, 0) is 9.53 Å². The zero-order valence-corrected chi connectivity index (χ0v) is 25.1. The summed E-state index contributed by atoms with van der Waals surface area (Å²) in [6.07, 6.45) is 36.5. The Morgan fingerprint density at radius 1 is 0.865 bits per heavy atom. The van der Waals surface area contributed by atoms with Crippen LogP contribution in [0.3, 0.4) is 0 Å². The molecule has 0 radical (unpaired) electrons. The van der Waals surface area contributed by atoms with Gasteiger partial charge in [0, 0.05) is 6.42 Å². The van der Waals surface area contributed by atoms with Gasteiger partial charge in [0.05, 0.1) is 0 Å². The molecular formula is C35H58O2. The molecule has 2 nitrogen and oxygen atoms in total. The van der Waals surface area contributed by atoms with E-state index in [4.69, 9.17) is 4.74 Å². The second-order valence-electron chi connectivity index (χ2n) is 11.7. The number of rotatable bonds is 20. The zero-order chi connectivity index (χ0) is 27.2. The van der Waals surface area contributed by atoms with Gasteiger partial charge in [0.15, 0.2) is 0 Å². The molecule has 2 heteroatoms. The number of carbonyl (C=O) groups is 1. The number of allylic oxidation sites excluding steroid dienone is 9. The van der Waals surface area contributed by atoms with E-state index in [0.717, 1.165) is 18.4 Å². The summed E-state index contributed by atoms with van der Waals surface area (Å²) in [6, 6.07) is 0. The Morgan fingerprint density at radius 3 is 2.05 bits per heavy atom. The molecule has 210 valence electrons. The highest BCUT2D eigenvalue weighted by Crippen LogP contribution is 2.37. The number of hydrogen-bond acceptors (Lipinski definition) is 2. The fraction of sp³-hybridized carbons (Fsp3) is 0.686. The highest BCUT2D eigenvalue weighted by Gasteiger charge is 2.23. The summed E-state index contributed by atoms with van der Waals surface area (Å²) in [7, 11) is 0. The molecule has 37 heavy (non-hydrogen) atoms. The molecule has 0 spiro atoms. The van der Waals surface area contributed by atoms with Crippen molar-refractivity contribution >= 4 is 5.97 Å². The summed E-state index contributed by atoms with van der Waals surface area (Å²) in [6.45, 7) is 11.5. The van der Waals surface area contributed by atoms with Gasteiger partial charge >= 0.3 is 5.97 Å². The monoisotopic (exact) mass is 510 g/mol. The Kier molecular flexibility index (Phi) is 19.0. The standard InChI is InChI=1S/C35H58O2/c1-6-7-8-9-10-11-12-13-14-15-16-17-18-25-34(36)37-30-28-32(3)23-21-22-31(2)26-27-33-24-19-20-29-35(33,4)5/h21-24,26-28H,6-20,25,29-30H2,1-5H3/b23-21+,27-26+,31-22+,32-28+. The highest BCUT2D eigenvalue weighted by molar-refractivity contribution is 5.69. The molecule has 0 saturated heterocycles. The topological polar surface area (TPSA) is 26.3 Å². The minimum atomic E-state index is -0.0723. The van der Waals surface area contributed by atoms with Crippen LogP contribution < -0.4 is 0 Å². The molecule has 0 aromatic heterocycles. The van der Waals surface area contributed by atoms with Crippen LogP contribution in [-0.4, -0.2) is 12.6 Å². The van der Waals surface area contributed by atoms with E-state index in [1.165, 1.54) is 101 Å². The molecule has 0 aromatic carbocycles. The molecule has 0 unspecified atom stereocenters. The van der Waals surface area contributed by atoms with E-state index in [-0.39, 0.29) is 11.4 Å². The van der Waals surface area contributed by atoms with Gasteiger partial charge < -0.3 is 4.74 Å². The summed E-state index contributed by atoms with van der Waals surface area (Å²) in [5.74, 6) is -0.0723. The average molecular weight is 511 g/mol. The molecule has 1 aliphatic rings. The first-order valence-electron chi connectivity index (χ1n) is 15.4. The lowest BCUT2D eigenvalue weighted by Crippen LogP contribution is -2.16. The van der Waals surface area contributed by atoms with Gasteiger partial charge in [0.25, 0.3) is 0 Å². The minimum absolute atomic E-state index is 0.0723. The van der Waals surface area contributed by atoms with Crippen LogP contribution in [0.4, 0.5) is 0 Å². The van der Waals surface area contributed by atoms with Crippen molar-refractivity contribution in [2.45, 2.75) is 144 Å². The van der Waals surface area contributed by atoms with Crippen molar-refractivity contribution in [1.82, 2.24) is 0 Å². The largest absolute Gasteiger partial charge is 0.461 e. The maximum atomic E-state index is 12.0. The molecule has 1 aliphatic carbocycles. The molecule has 0 N–H and O–H groups in total. The molecule has 1 rings (SSSR count). The number of esters is 1. The van der Waals surface area contributed by atoms with Gasteiger partial charge in [-0.2, -0.15) is 0 Å². The first-order valence-corrected chi connectivity index (χ1v) is 15.4. The summed E-state index contributed by atoms with van der Waals surface area (Å²) in [4.78, 5) is 12.0. The van der Waals surface area contributed by atoms with E-state index in [0.29, 0.717) is 13.0 Å². The fourth-order valence-corrected chi connectivity index (χ4v) is 4.84. The van der Waals surface area contributed by atoms with Crippen molar-refractivity contribution in [3.05, 3.63) is 59.3 Å². The number of carbonyl (C=O) groups excluding carboxylic acids is 1. The van der Waals surface area contributed by atoms with E-state index in [1.807, 2.05) is 13.0 Å². The van der Waals surface area contributed by atoms with Crippen molar-refractivity contribution in [2.24, 2.45) is 5.41 Å². The summed E-state index contributed by atoms with van der Waals surface area (Å²) in [5.41, 5.74) is 4.08. The van der Waals surface area contributed by atoms with Crippen LogP contribution in [0.1, 0.15) is 144 Å². The number of unbranched alkanes of at least 4 members (excludes halogenated alkanes) is 12. The zero-order valence-electron chi connectivity index (χ0n) is 25.1. The molecule has 0 aliphatic heterocycles. The van der Waals surface area contributed by atoms with E-state index in [1.54, 1.807) is 0 Å². The first-order chi connectivity index (χ1) is 17.8. The van der Waals surface area contributed by atoms with Gasteiger partial charge in [0.2, 0.25) is 0 Å². The van der Waals surface area contributed by atoms with E-state index >= 15 is 0 Å². The van der Waals surface area contributed by atoms with Crippen molar-refractivity contribution in [1.29, 1.82) is 0 Å². The Morgan fingerprint density at radius 2 is 1.46 bits per heavy atom. The quantitative estimate of drug-likeness (QED) is 0.0924. The lowest BCUT2D eigenvalue weighted by Gasteiger charge is -2.30. The third-order valence-corrected chi connectivity index (χ3v) is 7.53. The molecular weight excluding hydrogens is 452 g/mol. The molecule has 0 aromatic rings. The van der Waals surface area contributed by atoms with Crippen LogP contribution >= 0.6 is 0 Å². The highest BCUT2D eigenvalue weighted by atomic mass is 16.5.